The van der Waals surface area contributed by atoms with Crippen molar-refractivity contribution < 1.29 is 0 Å². The predicted octanol–water partition coefficient (Wildman–Crippen LogP) is 3.87. The van der Waals surface area contributed by atoms with Gasteiger partial charge < -0.3 is 0 Å². The first-order chi connectivity index (χ1) is 8.78. The van der Waals surface area contributed by atoms with E-state index in [1.54, 1.807) is 0 Å². The largest absolute Gasteiger partial charge is 0.253 e. The molecule has 0 radical (unpaired) electrons. The lowest BCUT2D eigenvalue weighted by Gasteiger charge is -2.19. The lowest BCUT2D eigenvalue weighted by atomic mass is 10.1. The van der Waals surface area contributed by atoms with E-state index in [4.69, 9.17) is 0 Å². The molecule has 0 saturated carbocycles. The molecule has 0 bridgehead atoms. The second-order valence-corrected chi connectivity index (χ2v) is 5.56. The number of fused-ring (bicyclic) bond motifs is 1. The molecule has 19 heavy (non-hydrogen) atoms. The van der Waals surface area contributed by atoms with Crippen LogP contribution < -0.4 is 0 Å². The first-order valence-corrected chi connectivity index (χ1v) is 7.26. The van der Waals surface area contributed by atoms with Crippen molar-refractivity contribution in [1.82, 2.24) is 5.01 Å². The third-order valence-electron chi connectivity index (χ3n) is 2.74. The maximum atomic E-state index is 4.65. The lowest BCUT2D eigenvalue weighted by Crippen LogP contribution is -2.31. The normalized spacial score (nSPS) is 17.2. The Hall–Kier alpha value is -0.660. The molecular formula is C12H12Br2N4S. The van der Waals surface area contributed by atoms with Crippen LogP contribution in [0.1, 0.15) is 18.9 Å². The van der Waals surface area contributed by atoms with E-state index in [1.165, 1.54) is 11.9 Å². The molecule has 0 spiro atoms. The van der Waals surface area contributed by atoms with E-state index in [0.717, 1.165) is 33.2 Å². The van der Waals surface area contributed by atoms with E-state index in [0.29, 0.717) is 6.54 Å². The number of rotatable bonds is 2. The minimum Gasteiger partial charge on any atom is -0.253 e. The van der Waals surface area contributed by atoms with Gasteiger partial charge in [-0.15, -0.1) is 17.0 Å². The van der Waals surface area contributed by atoms with Crippen molar-refractivity contribution in [3.05, 3.63) is 34.3 Å². The van der Waals surface area contributed by atoms with Crippen molar-refractivity contribution in [1.29, 1.82) is 0 Å². The van der Waals surface area contributed by atoms with Crippen LogP contribution in [0.15, 0.2) is 43.2 Å². The molecule has 4 nitrogen and oxygen atoms in total. The summed E-state index contributed by atoms with van der Waals surface area (Å²) in [4.78, 5) is 4.52. The van der Waals surface area contributed by atoms with Gasteiger partial charge in [-0.05, 0) is 17.7 Å². The summed E-state index contributed by atoms with van der Waals surface area (Å²) >= 11 is 4.84. The van der Waals surface area contributed by atoms with Gasteiger partial charge >= 0.3 is 0 Å². The number of hydrogen-bond donors (Lipinski definition) is 0. The van der Waals surface area contributed by atoms with Gasteiger partial charge in [-0.3, -0.25) is 4.99 Å². The van der Waals surface area contributed by atoms with Crippen molar-refractivity contribution >= 4 is 61.6 Å². The summed E-state index contributed by atoms with van der Waals surface area (Å²) in [5, 5.41) is 7.38. The van der Waals surface area contributed by atoms with Gasteiger partial charge in [0.25, 0.3) is 0 Å². The van der Waals surface area contributed by atoms with Crippen LogP contribution in [0.2, 0.25) is 0 Å². The molecule has 0 amide bonds. The first kappa shape index (κ1) is 14.7. The smallest absolute Gasteiger partial charge is 0.209 e. The Balaban J connectivity index is 0.00000133. The van der Waals surface area contributed by atoms with Crippen LogP contribution in [0.5, 0.6) is 0 Å². The summed E-state index contributed by atoms with van der Waals surface area (Å²) in [6, 6.07) is 8.14. The zero-order valence-electron chi connectivity index (χ0n) is 10.2. The molecule has 7 heteroatoms. The summed E-state index contributed by atoms with van der Waals surface area (Å²) in [6.07, 6.45) is 0.864. The Morgan fingerprint density at radius 2 is 2.05 bits per heavy atom. The van der Waals surface area contributed by atoms with Gasteiger partial charge in [-0.1, -0.05) is 35.0 Å². The maximum absolute atomic E-state index is 4.65. The Bertz CT molecular complexity index is 566. The highest BCUT2D eigenvalue weighted by atomic mass is 79.9. The number of halogens is 2. The topological polar surface area (TPSA) is 40.3 Å². The molecular weight excluding hydrogens is 392 g/mol. The molecule has 0 aromatic heterocycles. The molecule has 0 saturated heterocycles. The Kier molecular flexibility index (Phi) is 4.81. The van der Waals surface area contributed by atoms with E-state index < -0.39 is 0 Å². The molecule has 2 aliphatic heterocycles. The Morgan fingerprint density at radius 3 is 2.74 bits per heavy atom. The molecule has 0 unspecified atom stereocenters. The maximum Gasteiger partial charge on any atom is 0.209 e. The third kappa shape index (κ3) is 2.93. The van der Waals surface area contributed by atoms with Gasteiger partial charge in [0.05, 0.1) is 24.2 Å². The van der Waals surface area contributed by atoms with Crippen molar-refractivity contribution in [3.8, 4) is 0 Å². The quantitative estimate of drug-likeness (QED) is 0.703. The van der Waals surface area contributed by atoms with Crippen molar-refractivity contribution in [3.63, 3.8) is 0 Å². The highest BCUT2D eigenvalue weighted by Crippen LogP contribution is 2.25. The van der Waals surface area contributed by atoms with Crippen LogP contribution in [0.3, 0.4) is 0 Å². The second kappa shape index (κ2) is 6.19. The number of nitrogens with zero attached hydrogens (tertiary/aromatic N) is 4. The number of benzene rings is 1. The first-order valence-electron chi connectivity index (χ1n) is 5.70. The van der Waals surface area contributed by atoms with E-state index in [1.807, 2.05) is 17.1 Å². The predicted molar refractivity (Wildman–Crippen MR) is 90.5 cm³/mol. The molecule has 100 valence electrons. The van der Waals surface area contributed by atoms with E-state index in [9.17, 15) is 0 Å². The lowest BCUT2D eigenvalue weighted by molar-refractivity contribution is 0.650. The van der Waals surface area contributed by atoms with Crippen molar-refractivity contribution in [2.45, 2.75) is 13.3 Å². The molecule has 0 N–H and O–H groups in total. The molecule has 2 aliphatic rings. The minimum atomic E-state index is 0. The zero-order valence-corrected chi connectivity index (χ0v) is 14.3. The van der Waals surface area contributed by atoms with Gasteiger partial charge in [-0.2, -0.15) is 14.5 Å². The van der Waals surface area contributed by atoms with Gasteiger partial charge in [0.15, 0.2) is 0 Å². The highest BCUT2D eigenvalue weighted by Gasteiger charge is 2.27. The van der Waals surface area contributed by atoms with Gasteiger partial charge in [-0.25, -0.2) is 0 Å². The molecule has 0 aliphatic carbocycles. The van der Waals surface area contributed by atoms with Gasteiger partial charge in [0, 0.05) is 10.9 Å². The van der Waals surface area contributed by atoms with Crippen molar-refractivity contribution in [2.75, 3.05) is 6.54 Å². The van der Waals surface area contributed by atoms with Crippen LogP contribution in [0, 0.1) is 0 Å². The fourth-order valence-corrected chi connectivity index (χ4v) is 2.78. The molecule has 2 heterocycles. The van der Waals surface area contributed by atoms with E-state index in [-0.39, 0.29) is 17.0 Å². The minimum absolute atomic E-state index is 0. The highest BCUT2D eigenvalue weighted by molar-refractivity contribution is 9.10. The summed E-state index contributed by atoms with van der Waals surface area (Å²) in [6.45, 7) is 2.69. The third-order valence-corrected chi connectivity index (χ3v) is 4.03. The molecule has 0 atom stereocenters. The monoisotopic (exact) mass is 402 g/mol. The summed E-state index contributed by atoms with van der Waals surface area (Å²) in [7, 11) is 0. The Labute approximate surface area is 135 Å². The van der Waals surface area contributed by atoms with Crippen LogP contribution in [0.4, 0.5) is 0 Å². The van der Waals surface area contributed by atoms with E-state index in [2.05, 4.69) is 49.5 Å². The van der Waals surface area contributed by atoms with Crippen molar-refractivity contribution in [2.24, 2.45) is 14.5 Å². The SMILES string of the molecule is Br.CCC1=NSC2=NCC(c3ccc(Br)cc3)=NN12. The zero-order chi connectivity index (χ0) is 12.5. The number of amidine groups is 2. The fraction of sp³-hybridized carbons (Fsp3) is 0.250. The van der Waals surface area contributed by atoms with Crippen LogP contribution in [0.25, 0.3) is 0 Å². The molecule has 1 aromatic carbocycles. The van der Waals surface area contributed by atoms with Crippen LogP contribution in [-0.4, -0.2) is 28.3 Å². The van der Waals surface area contributed by atoms with E-state index >= 15 is 0 Å². The summed E-state index contributed by atoms with van der Waals surface area (Å²) < 4.78 is 5.42. The molecule has 0 fully saturated rings. The Morgan fingerprint density at radius 1 is 1.32 bits per heavy atom. The summed E-state index contributed by atoms with van der Waals surface area (Å²) in [5.41, 5.74) is 2.09. The van der Waals surface area contributed by atoms with Gasteiger partial charge in [0.1, 0.15) is 5.84 Å². The van der Waals surface area contributed by atoms with Crippen LogP contribution >= 0.6 is 44.9 Å². The average Bonchev–Trinajstić information content (AvgIpc) is 2.81. The number of hydrogen-bond acceptors (Lipinski definition) is 5. The second-order valence-electron chi connectivity index (χ2n) is 3.92. The number of hydrazone groups is 1. The fourth-order valence-electron chi connectivity index (χ4n) is 1.78. The standard InChI is InChI=1S/C12H11BrN4S.BrH/c1-2-11-16-18-12-14-7-10(15-17(11)12)8-3-5-9(13)6-4-8;/h3-6H,2,7H2,1H3;1H. The molecule has 3 rings (SSSR count). The van der Waals surface area contributed by atoms with Gasteiger partial charge in [0.2, 0.25) is 5.17 Å². The van der Waals surface area contributed by atoms with Crippen LogP contribution in [-0.2, 0) is 0 Å². The molecule has 1 aromatic rings. The average molecular weight is 404 g/mol. The number of aliphatic imine (C=N–C) groups is 1. The summed E-state index contributed by atoms with van der Waals surface area (Å²) in [5.74, 6) is 0.966.